The van der Waals surface area contributed by atoms with Crippen molar-refractivity contribution in [2.24, 2.45) is 0 Å². The van der Waals surface area contributed by atoms with Crippen molar-refractivity contribution < 1.29 is 5.11 Å². The summed E-state index contributed by atoms with van der Waals surface area (Å²) in [5, 5.41) is 16.6. The van der Waals surface area contributed by atoms with Gasteiger partial charge >= 0.3 is 0 Å². The minimum atomic E-state index is -0.00903. The van der Waals surface area contributed by atoms with Crippen LogP contribution in [0, 0.1) is 0 Å². The first-order chi connectivity index (χ1) is 10.7. The molecule has 6 heteroatoms. The molecule has 2 aromatic heterocycles. The van der Waals surface area contributed by atoms with Gasteiger partial charge in [-0.1, -0.05) is 17.7 Å². The Morgan fingerprint density at radius 1 is 1.27 bits per heavy atom. The zero-order valence-electron chi connectivity index (χ0n) is 12.1. The van der Waals surface area contributed by atoms with E-state index in [4.69, 9.17) is 11.6 Å². The van der Waals surface area contributed by atoms with Gasteiger partial charge in [0, 0.05) is 11.1 Å². The molecule has 0 aliphatic carbocycles. The molecule has 0 saturated carbocycles. The highest BCUT2D eigenvalue weighted by atomic mass is 35.5. The van der Waals surface area contributed by atoms with Gasteiger partial charge in [-0.3, -0.25) is 0 Å². The summed E-state index contributed by atoms with van der Waals surface area (Å²) in [6.07, 6.45) is 2.36. The van der Waals surface area contributed by atoms with E-state index in [9.17, 15) is 5.11 Å². The average Bonchev–Trinajstić information content (AvgIpc) is 2.98. The van der Waals surface area contributed by atoms with Crippen LogP contribution in [0.15, 0.2) is 36.0 Å². The smallest absolute Gasteiger partial charge is 0.138 e. The van der Waals surface area contributed by atoms with Crippen molar-refractivity contribution in [3.63, 3.8) is 0 Å². The molecule has 0 radical (unpaired) electrons. The second-order valence-corrected chi connectivity index (χ2v) is 6.51. The summed E-state index contributed by atoms with van der Waals surface area (Å²) in [4.78, 5) is 9.56. The predicted octanol–water partition coefficient (Wildman–Crippen LogP) is 3.88. The van der Waals surface area contributed by atoms with Crippen LogP contribution >= 0.6 is 22.9 Å². The van der Waals surface area contributed by atoms with E-state index in [-0.39, 0.29) is 12.6 Å². The number of thiophene rings is 1. The lowest BCUT2D eigenvalue weighted by Gasteiger charge is -2.17. The van der Waals surface area contributed by atoms with Gasteiger partial charge in [0.15, 0.2) is 0 Å². The predicted molar refractivity (Wildman–Crippen MR) is 91.6 cm³/mol. The van der Waals surface area contributed by atoms with Crippen LogP contribution < -0.4 is 5.32 Å². The van der Waals surface area contributed by atoms with Gasteiger partial charge in [-0.15, -0.1) is 11.3 Å². The molecule has 0 bridgehead atoms. The number of halogens is 1. The Morgan fingerprint density at radius 2 is 2.14 bits per heavy atom. The summed E-state index contributed by atoms with van der Waals surface area (Å²) in [5.74, 6) is 0.846. The van der Waals surface area contributed by atoms with Gasteiger partial charge in [0.25, 0.3) is 0 Å². The molecule has 1 atom stereocenters. The summed E-state index contributed by atoms with van der Waals surface area (Å²) in [6, 6.07) is 7.82. The quantitative estimate of drug-likeness (QED) is 0.744. The SMILES string of the molecule is CC(Cc1ccc(Cl)cc1CO)Nc1ncnc2sccc12. The lowest BCUT2D eigenvalue weighted by molar-refractivity contribution is 0.280. The first kappa shape index (κ1) is 15.2. The molecule has 1 aromatic carbocycles. The molecule has 3 aromatic rings. The number of hydrogen-bond acceptors (Lipinski definition) is 5. The van der Waals surface area contributed by atoms with Gasteiger partial charge in [0.2, 0.25) is 0 Å². The van der Waals surface area contributed by atoms with Crippen molar-refractivity contribution in [3.05, 3.63) is 52.1 Å². The molecule has 0 fully saturated rings. The topological polar surface area (TPSA) is 58.0 Å². The number of aliphatic hydroxyl groups is 1. The number of anilines is 1. The molecule has 0 amide bonds. The van der Waals surface area contributed by atoms with E-state index in [2.05, 4.69) is 22.2 Å². The third-order valence-corrected chi connectivity index (χ3v) is 4.57. The maximum atomic E-state index is 9.46. The highest BCUT2D eigenvalue weighted by Crippen LogP contribution is 2.25. The van der Waals surface area contributed by atoms with Crippen molar-refractivity contribution >= 4 is 39.0 Å². The Labute approximate surface area is 137 Å². The largest absolute Gasteiger partial charge is 0.392 e. The fourth-order valence-electron chi connectivity index (χ4n) is 2.46. The van der Waals surface area contributed by atoms with Crippen LogP contribution in [0.2, 0.25) is 5.02 Å². The van der Waals surface area contributed by atoms with E-state index in [0.717, 1.165) is 33.6 Å². The van der Waals surface area contributed by atoms with Gasteiger partial charge in [-0.05, 0) is 48.1 Å². The summed E-state index contributed by atoms with van der Waals surface area (Å²) in [5.41, 5.74) is 1.95. The standard InChI is InChI=1S/C16H16ClN3OS/c1-10(6-11-2-3-13(17)7-12(11)8-21)20-15-14-4-5-22-16(14)19-9-18-15/h2-5,7,9-10,21H,6,8H2,1H3,(H,18,19,20). The second-order valence-electron chi connectivity index (χ2n) is 5.18. The molecule has 0 aliphatic heterocycles. The minimum Gasteiger partial charge on any atom is -0.392 e. The molecule has 3 rings (SSSR count). The van der Waals surface area contributed by atoms with Crippen molar-refractivity contribution in [2.45, 2.75) is 26.0 Å². The second kappa shape index (κ2) is 6.60. The Kier molecular flexibility index (Phi) is 4.57. The number of aliphatic hydroxyl groups excluding tert-OH is 1. The molecule has 22 heavy (non-hydrogen) atoms. The summed E-state index contributed by atoms with van der Waals surface area (Å²) in [6.45, 7) is 2.08. The number of fused-ring (bicyclic) bond motifs is 1. The van der Waals surface area contributed by atoms with Gasteiger partial charge in [0.1, 0.15) is 17.0 Å². The first-order valence-electron chi connectivity index (χ1n) is 7.00. The molecule has 0 spiro atoms. The highest BCUT2D eigenvalue weighted by Gasteiger charge is 2.11. The highest BCUT2D eigenvalue weighted by molar-refractivity contribution is 7.16. The molecule has 1 unspecified atom stereocenters. The maximum absolute atomic E-state index is 9.46. The molecule has 0 aliphatic rings. The summed E-state index contributed by atoms with van der Waals surface area (Å²) in [7, 11) is 0. The van der Waals surface area contributed by atoms with Crippen LogP contribution in [0.5, 0.6) is 0 Å². The number of nitrogens with zero attached hydrogens (tertiary/aromatic N) is 2. The molecule has 114 valence electrons. The van der Waals surface area contributed by atoms with Gasteiger partial charge < -0.3 is 10.4 Å². The molecular formula is C16H16ClN3OS. The van der Waals surface area contributed by atoms with Crippen molar-refractivity contribution in [3.8, 4) is 0 Å². The maximum Gasteiger partial charge on any atom is 0.138 e. The lowest BCUT2D eigenvalue weighted by Crippen LogP contribution is -2.19. The Morgan fingerprint density at radius 3 is 2.95 bits per heavy atom. The number of hydrogen-bond donors (Lipinski definition) is 2. The van der Waals surface area contributed by atoms with Crippen LogP contribution in [-0.4, -0.2) is 21.1 Å². The normalized spacial score (nSPS) is 12.5. The first-order valence-corrected chi connectivity index (χ1v) is 8.26. The summed E-state index contributed by atoms with van der Waals surface area (Å²) >= 11 is 7.57. The van der Waals surface area contributed by atoms with Crippen molar-refractivity contribution in [1.82, 2.24) is 9.97 Å². The lowest BCUT2D eigenvalue weighted by atomic mass is 10.0. The third-order valence-electron chi connectivity index (χ3n) is 3.51. The third kappa shape index (κ3) is 3.21. The minimum absolute atomic E-state index is 0.00903. The molecule has 4 nitrogen and oxygen atoms in total. The monoisotopic (exact) mass is 333 g/mol. The van der Waals surface area contributed by atoms with E-state index in [1.54, 1.807) is 17.7 Å². The molecule has 0 saturated heterocycles. The van der Waals surface area contributed by atoms with Crippen molar-refractivity contribution in [2.75, 3.05) is 5.32 Å². The van der Waals surface area contributed by atoms with E-state index in [1.807, 2.05) is 29.6 Å². The van der Waals surface area contributed by atoms with Crippen LogP contribution in [0.25, 0.3) is 10.2 Å². The van der Waals surface area contributed by atoms with Crippen LogP contribution in [-0.2, 0) is 13.0 Å². The Balaban J connectivity index is 1.78. The zero-order valence-corrected chi connectivity index (χ0v) is 13.7. The number of benzene rings is 1. The van der Waals surface area contributed by atoms with E-state index in [1.165, 1.54) is 0 Å². The van der Waals surface area contributed by atoms with Gasteiger partial charge in [-0.2, -0.15) is 0 Å². The molecule has 2 heterocycles. The van der Waals surface area contributed by atoms with E-state index < -0.39 is 0 Å². The van der Waals surface area contributed by atoms with Crippen LogP contribution in [0.3, 0.4) is 0 Å². The van der Waals surface area contributed by atoms with Crippen molar-refractivity contribution in [1.29, 1.82) is 0 Å². The average molecular weight is 334 g/mol. The Hall–Kier alpha value is -1.69. The fourth-order valence-corrected chi connectivity index (χ4v) is 3.39. The summed E-state index contributed by atoms with van der Waals surface area (Å²) < 4.78 is 0. The van der Waals surface area contributed by atoms with E-state index in [0.29, 0.717) is 5.02 Å². The van der Waals surface area contributed by atoms with Gasteiger partial charge in [0.05, 0.1) is 12.0 Å². The molecular weight excluding hydrogens is 318 g/mol. The fraction of sp³-hybridized carbons (Fsp3) is 0.250. The number of aromatic nitrogens is 2. The number of rotatable bonds is 5. The van der Waals surface area contributed by atoms with Crippen LogP contribution in [0.1, 0.15) is 18.1 Å². The zero-order chi connectivity index (χ0) is 15.5. The van der Waals surface area contributed by atoms with E-state index >= 15 is 0 Å². The Bertz CT molecular complexity index is 790. The number of nitrogens with one attached hydrogen (secondary N) is 1. The molecule has 2 N–H and O–H groups in total. The van der Waals surface area contributed by atoms with Crippen LogP contribution in [0.4, 0.5) is 5.82 Å². The van der Waals surface area contributed by atoms with Gasteiger partial charge in [-0.25, -0.2) is 9.97 Å².